The Bertz CT molecular complexity index is 363. The highest BCUT2D eigenvalue weighted by atomic mass is 32.1. The van der Waals surface area contributed by atoms with E-state index in [9.17, 15) is 0 Å². The van der Waals surface area contributed by atoms with Crippen molar-refractivity contribution in [3.63, 3.8) is 0 Å². The number of rotatable bonds is 2. The molecule has 2 N–H and O–H groups in total. The monoisotopic (exact) mass is 238 g/mol. The third kappa shape index (κ3) is 1.71. The van der Waals surface area contributed by atoms with Crippen molar-refractivity contribution in [2.75, 3.05) is 13.6 Å². The molecule has 0 amide bonds. The Balaban J connectivity index is 1.92. The molecule has 1 aliphatic heterocycles. The average Bonchev–Trinajstić information content (AvgIpc) is 2.79. The maximum absolute atomic E-state index is 6.29. The lowest BCUT2D eigenvalue weighted by Gasteiger charge is -2.38. The molecule has 2 nitrogen and oxygen atoms in total. The largest absolute Gasteiger partial charge is 0.364 e. The van der Waals surface area contributed by atoms with Gasteiger partial charge in [-0.3, -0.25) is 0 Å². The molecular weight excluding hydrogens is 218 g/mol. The second-order valence-electron chi connectivity index (χ2n) is 4.94. The summed E-state index contributed by atoms with van der Waals surface area (Å²) in [6.07, 6.45) is 6.18. The number of ether oxygens (including phenoxy) is 1. The van der Waals surface area contributed by atoms with Gasteiger partial charge in [-0.1, -0.05) is 12.8 Å². The first-order chi connectivity index (χ1) is 7.90. The van der Waals surface area contributed by atoms with Crippen LogP contribution in [0.15, 0.2) is 11.4 Å². The molecule has 2 heterocycles. The molecule has 3 atom stereocenters. The van der Waals surface area contributed by atoms with Crippen molar-refractivity contribution in [1.29, 1.82) is 0 Å². The molecule has 2 aliphatic rings. The van der Waals surface area contributed by atoms with Gasteiger partial charge in [0.05, 0.1) is 13.2 Å². The van der Waals surface area contributed by atoms with Crippen LogP contribution in [0.4, 0.5) is 0 Å². The lowest BCUT2D eigenvalue weighted by molar-refractivity contribution is -0.636. The molecule has 1 aromatic rings. The Hall–Kier alpha value is -0.380. The van der Waals surface area contributed by atoms with Crippen molar-refractivity contribution in [3.8, 4) is 0 Å². The highest BCUT2D eigenvalue weighted by Crippen LogP contribution is 2.46. The van der Waals surface area contributed by atoms with Gasteiger partial charge in [0, 0.05) is 16.4 Å². The van der Waals surface area contributed by atoms with E-state index >= 15 is 0 Å². The Kier molecular flexibility index (Phi) is 3.01. The van der Waals surface area contributed by atoms with Crippen molar-refractivity contribution in [2.45, 2.75) is 43.8 Å². The normalized spacial score (nSPS) is 33.2. The molecule has 88 valence electrons. The van der Waals surface area contributed by atoms with Crippen LogP contribution in [0.3, 0.4) is 0 Å². The van der Waals surface area contributed by atoms with E-state index in [-0.39, 0.29) is 0 Å². The van der Waals surface area contributed by atoms with E-state index in [0.717, 1.165) is 6.54 Å². The quantitative estimate of drug-likeness (QED) is 0.838. The van der Waals surface area contributed by atoms with E-state index in [1.165, 1.54) is 31.2 Å². The smallest absolute Gasteiger partial charge is 0.133 e. The summed E-state index contributed by atoms with van der Waals surface area (Å²) in [6, 6.07) is 2.28. The summed E-state index contributed by atoms with van der Waals surface area (Å²) in [7, 11) is 2.13. The molecule has 3 heteroatoms. The van der Waals surface area contributed by atoms with Crippen molar-refractivity contribution in [1.82, 2.24) is 0 Å². The number of hydrogen-bond acceptors (Lipinski definition) is 2. The molecule has 0 radical (unpaired) electrons. The molecule has 1 aliphatic carbocycles. The molecule has 16 heavy (non-hydrogen) atoms. The fraction of sp³-hybridized carbons (Fsp3) is 0.692. The standard InChI is InChI=1S/C13H19NOS/c1-14-8-12-10-6-7-16-13(10)9-4-2-3-5-11(9)15-12/h6-7,9,11-12,14H,2-5,8H2,1H3/p+1/t9-,11+,12+/m1/s1. The van der Waals surface area contributed by atoms with Crippen LogP contribution in [0.25, 0.3) is 0 Å². The van der Waals surface area contributed by atoms with Gasteiger partial charge in [-0.15, -0.1) is 11.3 Å². The predicted molar refractivity (Wildman–Crippen MR) is 65.9 cm³/mol. The zero-order valence-corrected chi connectivity index (χ0v) is 10.6. The van der Waals surface area contributed by atoms with Crippen molar-refractivity contribution < 1.29 is 10.1 Å². The number of thiophene rings is 1. The molecule has 3 rings (SSSR count). The summed E-state index contributed by atoms with van der Waals surface area (Å²) in [6.45, 7) is 1.06. The van der Waals surface area contributed by atoms with Crippen molar-refractivity contribution in [2.24, 2.45) is 0 Å². The number of likely N-dealkylation sites (N-methyl/N-ethyl adjacent to an activating group) is 1. The molecule has 0 aromatic carbocycles. The van der Waals surface area contributed by atoms with Crippen LogP contribution in [0, 0.1) is 0 Å². The zero-order valence-electron chi connectivity index (χ0n) is 9.82. The Morgan fingerprint density at radius 1 is 1.44 bits per heavy atom. The zero-order chi connectivity index (χ0) is 11.0. The summed E-state index contributed by atoms with van der Waals surface area (Å²) in [5, 5.41) is 4.48. The molecule has 0 unspecified atom stereocenters. The van der Waals surface area contributed by atoms with E-state index in [1.807, 2.05) is 11.3 Å². The second-order valence-corrected chi connectivity index (χ2v) is 5.89. The maximum atomic E-state index is 6.29. The van der Waals surface area contributed by atoms with Crippen LogP contribution in [0.2, 0.25) is 0 Å². The highest BCUT2D eigenvalue weighted by molar-refractivity contribution is 7.10. The second kappa shape index (κ2) is 4.47. The summed E-state index contributed by atoms with van der Waals surface area (Å²) in [5.41, 5.74) is 1.48. The van der Waals surface area contributed by atoms with Crippen molar-refractivity contribution >= 4 is 11.3 Å². The summed E-state index contributed by atoms with van der Waals surface area (Å²) in [5.74, 6) is 0.705. The van der Waals surface area contributed by atoms with Crippen LogP contribution < -0.4 is 5.32 Å². The SMILES string of the molecule is C[NH2+]C[C@@H]1O[C@H]2CCCC[C@H]2c2sccc21. The van der Waals surface area contributed by atoms with Gasteiger partial charge in [0.25, 0.3) is 0 Å². The van der Waals surface area contributed by atoms with E-state index in [0.29, 0.717) is 18.1 Å². The number of quaternary nitrogens is 1. The van der Waals surface area contributed by atoms with Crippen LogP contribution in [-0.2, 0) is 4.74 Å². The Morgan fingerprint density at radius 3 is 3.19 bits per heavy atom. The van der Waals surface area contributed by atoms with E-state index < -0.39 is 0 Å². The maximum Gasteiger partial charge on any atom is 0.133 e. The summed E-state index contributed by atoms with van der Waals surface area (Å²) in [4.78, 5) is 1.63. The number of fused-ring (bicyclic) bond motifs is 3. The summed E-state index contributed by atoms with van der Waals surface area (Å²) >= 11 is 1.95. The molecule has 1 saturated carbocycles. The molecule has 0 bridgehead atoms. The van der Waals surface area contributed by atoms with Gasteiger partial charge in [0.2, 0.25) is 0 Å². The first-order valence-corrected chi connectivity index (χ1v) is 7.28. The van der Waals surface area contributed by atoms with Crippen LogP contribution in [-0.4, -0.2) is 19.7 Å². The van der Waals surface area contributed by atoms with Crippen LogP contribution in [0.5, 0.6) is 0 Å². The van der Waals surface area contributed by atoms with E-state index in [4.69, 9.17) is 4.74 Å². The van der Waals surface area contributed by atoms with Gasteiger partial charge in [-0.05, 0) is 24.3 Å². The van der Waals surface area contributed by atoms with Crippen LogP contribution >= 0.6 is 11.3 Å². The fourth-order valence-electron chi connectivity index (χ4n) is 3.14. The van der Waals surface area contributed by atoms with E-state index in [1.54, 1.807) is 4.88 Å². The number of hydrogen-bond donors (Lipinski definition) is 1. The summed E-state index contributed by atoms with van der Waals surface area (Å²) < 4.78 is 6.29. The predicted octanol–water partition coefficient (Wildman–Crippen LogP) is 2.04. The first kappa shape index (κ1) is 10.8. The van der Waals surface area contributed by atoms with Gasteiger partial charge in [-0.25, -0.2) is 0 Å². The van der Waals surface area contributed by atoms with Crippen LogP contribution in [0.1, 0.15) is 48.1 Å². The minimum atomic E-state index is 0.339. The van der Waals surface area contributed by atoms with Gasteiger partial charge in [-0.2, -0.15) is 0 Å². The molecule has 1 aromatic heterocycles. The third-order valence-electron chi connectivity index (χ3n) is 3.90. The minimum Gasteiger partial charge on any atom is -0.364 e. The minimum absolute atomic E-state index is 0.339. The molecular formula is C13H20NOS+. The molecule has 0 saturated heterocycles. The number of nitrogens with two attached hydrogens (primary N) is 1. The van der Waals surface area contributed by atoms with Gasteiger partial charge >= 0.3 is 0 Å². The first-order valence-electron chi connectivity index (χ1n) is 6.40. The lowest BCUT2D eigenvalue weighted by atomic mass is 9.81. The lowest BCUT2D eigenvalue weighted by Crippen LogP contribution is -2.81. The van der Waals surface area contributed by atoms with Gasteiger partial charge in [0.1, 0.15) is 12.6 Å². The van der Waals surface area contributed by atoms with Crippen molar-refractivity contribution in [3.05, 3.63) is 21.9 Å². The highest BCUT2D eigenvalue weighted by Gasteiger charge is 2.38. The molecule has 1 fully saturated rings. The van der Waals surface area contributed by atoms with Gasteiger partial charge < -0.3 is 10.1 Å². The van der Waals surface area contributed by atoms with Gasteiger partial charge in [0.15, 0.2) is 0 Å². The average molecular weight is 238 g/mol. The van der Waals surface area contributed by atoms with E-state index in [2.05, 4.69) is 23.8 Å². The fourth-order valence-corrected chi connectivity index (χ4v) is 4.28. The topological polar surface area (TPSA) is 25.8 Å². The third-order valence-corrected chi connectivity index (χ3v) is 4.97. The Labute approximate surface area is 101 Å². The Morgan fingerprint density at radius 2 is 2.31 bits per heavy atom. The molecule has 0 spiro atoms.